The van der Waals surface area contributed by atoms with Gasteiger partial charge in [0.25, 0.3) is 0 Å². The van der Waals surface area contributed by atoms with Gasteiger partial charge in [0.2, 0.25) is 0 Å². The van der Waals surface area contributed by atoms with Crippen LogP contribution in [0.4, 0.5) is 0 Å². The van der Waals surface area contributed by atoms with Crippen LogP contribution in [0, 0.1) is 0 Å². The Kier molecular flexibility index (Phi) is 44.8. The van der Waals surface area contributed by atoms with Crippen molar-refractivity contribution < 1.29 is 37.6 Å². The maximum Gasteiger partial charge on any atom is 0.472 e. The van der Waals surface area contributed by atoms with E-state index < -0.39 is 32.5 Å². The average molecular weight is 856 g/mol. The molecule has 59 heavy (non-hydrogen) atoms. The highest BCUT2D eigenvalue weighted by atomic mass is 31.2. The third-order valence-corrected chi connectivity index (χ3v) is 11.8. The molecule has 0 aliphatic rings. The average Bonchev–Trinajstić information content (AvgIpc) is 3.22. The van der Waals surface area contributed by atoms with Gasteiger partial charge in [-0.05, 0) is 38.5 Å². The van der Waals surface area contributed by atoms with E-state index in [1.54, 1.807) is 0 Å². The fourth-order valence-corrected chi connectivity index (χ4v) is 7.91. The summed E-state index contributed by atoms with van der Waals surface area (Å²) in [6.07, 6.45) is 50.8. The van der Waals surface area contributed by atoms with Gasteiger partial charge in [-0.2, -0.15) is 0 Å². The number of phosphoric ester groups is 1. The van der Waals surface area contributed by atoms with Crippen LogP contribution in [0.1, 0.15) is 245 Å². The fraction of sp³-hybridized carbons (Fsp3) is 0.878. The van der Waals surface area contributed by atoms with Crippen LogP contribution >= 0.6 is 7.82 Å². The van der Waals surface area contributed by atoms with Crippen molar-refractivity contribution in [2.75, 3.05) is 26.4 Å². The number of unbranched alkanes of at least 4 members (excludes halogenated alkanes) is 30. The second-order valence-electron chi connectivity index (χ2n) is 16.7. The maximum atomic E-state index is 12.6. The zero-order valence-electron chi connectivity index (χ0n) is 38.5. The Balaban J connectivity index is 4.08. The number of ether oxygens (including phenoxy) is 2. The van der Waals surface area contributed by atoms with Crippen molar-refractivity contribution in [1.82, 2.24) is 0 Å². The van der Waals surface area contributed by atoms with Gasteiger partial charge in [-0.25, -0.2) is 4.57 Å². The second-order valence-corrected chi connectivity index (χ2v) is 18.1. The Morgan fingerprint density at radius 1 is 0.508 bits per heavy atom. The van der Waals surface area contributed by atoms with Gasteiger partial charge in [0, 0.05) is 19.4 Å². The molecule has 0 aliphatic carbocycles. The predicted molar refractivity (Wildman–Crippen MR) is 247 cm³/mol. The Morgan fingerprint density at radius 2 is 0.898 bits per heavy atom. The van der Waals surface area contributed by atoms with Gasteiger partial charge in [-0.3, -0.25) is 18.6 Å². The highest BCUT2D eigenvalue weighted by Crippen LogP contribution is 2.43. The summed E-state index contributed by atoms with van der Waals surface area (Å²) in [6, 6.07) is 0. The number of nitrogens with two attached hydrogens (primary N) is 1. The van der Waals surface area contributed by atoms with Crippen molar-refractivity contribution in [2.45, 2.75) is 251 Å². The first-order valence-corrected chi connectivity index (χ1v) is 26.3. The number of carbonyl (C=O) groups is 2. The monoisotopic (exact) mass is 856 g/mol. The Morgan fingerprint density at radius 3 is 1.34 bits per heavy atom. The number of rotatable bonds is 47. The number of hydrogen-bond donors (Lipinski definition) is 2. The van der Waals surface area contributed by atoms with E-state index in [1.165, 1.54) is 173 Å². The molecule has 9 nitrogen and oxygen atoms in total. The zero-order valence-corrected chi connectivity index (χ0v) is 39.4. The maximum absolute atomic E-state index is 12.6. The Bertz CT molecular complexity index is 1020. The first-order valence-electron chi connectivity index (χ1n) is 24.8. The summed E-state index contributed by atoms with van der Waals surface area (Å²) in [6.45, 7) is 3.73. The van der Waals surface area contributed by atoms with Gasteiger partial charge < -0.3 is 20.1 Å². The number of esters is 2. The van der Waals surface area contributed by atoms with Crippen molar-refractivity contribution in [3.63, 3.8) is 0 Å². The summed E-state index contributed by atoms with van der Waals surface area (Å²) in [5, 5.41) is 0. The number of hydrogen-bond acceptors (Lipinski definition) is 8. The molecule has 0 aliphatic heterocycles. The van der Waals surface area contributed by atoms with Gasteiger partial charge in [0.05, 0.1) is 13.2 Å². The summed E-state index contributed by atoms with van der Waals surface area (Å²) in [5.41, 5.74) is 5.36. The van der Waals surface area contributed by atoms with Gasteiger partial charge in [-0.1, -0.05) is 218 Å². The minimum atomic E-state index is -4.39. The summed E-state index contributed by atoms with van der Waals surface area (Å²) < 4.78 is 32.8. The molecule has 0 rings (SSSR count). The molecule has 0 fully saturated rings. The van der Waals surface area contributed by atoms with Crippen molar-refractivity contribution in [3.8, 4) is 0 Å². The van der Waals surface area contributed by atoms with Gasteiger partial charge in [-0.15, -0.1) is 0 Å². The van der Waals surface area contributed by atoms with E-state index in [1.807, 2.05) is 0 Å². The van der Waals surface area contributed by atoms with Crippen molar-refractivity contribution in [1.29, 1.82) is 0 Å². The van der Waals surface area contributed by atoms with E-state index >= 15 is 0 Å². The molecule has 10 heteroatoms. The topological polar surface area (TPSA) is 134 Å². The lowest BCUT2D eigenvalue weighted by molar-refractivity contribution is -0.161. The van der Waals surface area contributed by atoms with Crippen LogP contribution in [0.25, 0.3) is 0 Å². The highest BCUT2D eigenvalue weighted by molar-refractivity contribution is 7.47. The first-order chi connectivity index (χ1) is 28.8. The van der Waals surface area contributed by atoms with Crippen molar-refractivity contribution in [2.24, 2.45) is 5.73 Å². The second kappa shape index (κ2) is 46.0. The Labute approximate surface area is 363 Å². The summed E-state index contributed by atoms with van der Waals surface area (Å²) in [4.78, 5) is 35.0. The van der Waals surface area contributed by atoms with Crippen LogP contribution in [0.15, 0.2) is 24.3 Å². The van der Waals surface area contributed by atoms with Gasteiger partial charge in [0.1, 0.15) is 6.61 Å². The van der Waals surface area contributed by atoms with Crippen LogP contribution in [0.3, 0.4) is 0 Å². The predicted octanol–water partition coefficient (Wildman–Crippen LogP) is 14.7. The summed E-state index contributed by atoms with van der Waals surface area (Å²) in [7, 11) is -4.39. The van der Waals surface area contributed by atoms with Gasteiger partial charge in [0.15, 0.2) is 6.10 Å². The molecule has 0 bridgehead atoms. The van der Waals surface area contributed by atoms with E-state index in [0.717, 1.165) is 32.1 Å². The SMILES string of the molecule is CCCCCCCCCCC/C=C/C/C=C/CCCC(=O)OC[C@H](COP(=O)(O)OCCN)OC(=O)CCCCCCCCCCCCCCCCCCCCCCC. The van der Waals surface area contributed by atoms with Crippen LogP contribution in [-0.2, 0) is 32.7 Å². The largest absolute Gasteiger partial charge is 0.472 e. The molecule has 0 spiro atoms. The summed E-state index contributed by atoms with van der Waals surface area (Å²) in [5.74, 6) is -0.869. The van der Waals surface area contributed by atoms with Crippen molar-refractivity contribution >= 4 is 19.8 Å². The number of carbonyl (C=O) groups excluding carboxylic acids is 2. The van der Waals surface area contributed by atoms with E-state index in [2.05, 4.69) is 38.2 Å². The lowest BCUT2D eigenvalue weighted by Crippen LogP contribution is -2.29. The molecule has 2 atom stereocenters. The molecule has 0 radical (unpaired) electrons. The third-order valence-electron chi connectivity index (χ3n) is 10.8. The highest BCUT2D eigenvalue weighted by Gasteiger charge is 2.26. The molecule has 0 aromatic heterocycles. The van der Waals surface area contributed by atoms with Gasteiger partial charge >= 0.3 is 19.8 Å². The Hall–Kier alpha value is -1.51. The smallest absolute Gasteiger partial charge is 0.462 e. The number of allylic oxidation sites excluding steroid dienone is 4. The van der Waals surface area contributed by atoms with Crippen molar-refractivity contribution in [3.05, 3.63) is 24.3 Å². The minimum Gasteiger partial charge on any atom is -0.462 e. The van der Waals surface area contributed by atoms with E-state index in [4.69, 9.17) is 24.3 Å². The lowest BCUT2D eigenvalue weighted by atomic mass is 10.0. The molecular weight excluding hydrogens is 762 g/mol. The number of phosphoric acid groups is 1. The first kappa shape index (κ1) is 57.5. The molecule has 0 heterocycles. The van der Waals surface area contributed by atoms with E-state index in [9.17, 15) is 19.0 Å². The fourth-order valence-electron chi connectivity index (χ4n) is 7.15. The molecule has 0 aromatic rings. The van der Waals surface area contributed by atoms with Crippen LogP contribution in [-0.4, -0.2) is 49.3 Å². The standard InChI is InChI=1S/C49H94NO8P/c1-3-5-7-9-11-13-15-17-19-21-22-23-24-26-28-30-32-34-36-38-40-42-49(52)58-47(46-57-59(53,54)56-44-43-50)45-55-48(51)41-39-37-35-33-31-29-27-25-20-18-16-14-12-10-8-6-4-2/h27,29,33,35,47H,3-26,28,30-32,34,36-46,50H2,1-2H3,(H,53,54)/b29-27+,35-33+/t47-/m1/s1. The normalized spacial score (nSPS) is 13.4. The van der Waals surface area contributed by atoms with Crippen LogP contribution in [0.5, 0.6) is 0 Å². The van der Waals surface area contributed by atoms with Crippen LogP contribution < -0.4 is 5.73 Å². The molecule has 0 aromatic carbocycles. The molecule has 3 N–H and O–H groups in total. The zero-order chi connectivity index (χ0) is 43.2. The molecule has 0 amide bonds. The van der Waals surface area contributed by atoms with E-state index in [-0.39, 0.29) is 32.6 Å². The molecular formula is C49H94NO8P. The van der Waals surface area contributed by atoms with E-state index in [0.29, 0.717) is 12.8 Å². The summed E-state index contributed by atoms with van der Waals surface area (Å²) >= 11 is 0. The molecule has 1 unspecified atom stereocenters. The molecule has 0 saturated carbocycles. The molecule has 0 saturated heterocycles. The third kappa shape index (κ3) is 45.8. The molecule has 348 valence electrons. The van der Waals surface area contributed by atoms with Crippen LogP contribution in [0.2, 0.25) is 0 Å². The minimum absolute atomic E-state index is 0.0503. The quantitative estimate of drug-likeness (QED) is 0.0265. The lowest BCUT2D eigenvalue weighted by Gasteiger charge is -2.19.